The van der Waals surface area contributed by atoms with E-state index in [9.17, 15) is 24.0 Å². The van der Waals surface area contributed by atoms with E-state index in [1.165, 1.54) is 48.5 Å². The molecule has 2 saturated carbocycles. The lowest BCUT2D eigenvalue weighted by molar-refractivity contribution is -0.154. The molecule has 0 aromatic heterocycles. The predicted octanol–water partition coefficient (Wildman–Crippen LogP) is 4.85. The number of nitrogens with zero attached hydrogens (tertiary/aromatic N) is 2. The van der Waals surface area contributed by atoms with Gasteiger partial charge >= 0.3 is 5.97 Å². The van der Waals surface area contributed by atoms with E-state index in [1.54, 1.807) is 30.3 Å². The number of esters is 1. The minimum atomic E-state index is -0.653. The van der Waals surface area contributed by atoms with Gasteiger partial charge in [-0.05, 0) is 90.8 Å². The molecule has 4 aliphatic carbocycles. The summed E-state index contributed by atoms with van der Waals surface area (Å²) in [6, 6.07) is 20.5. The smallest absolute Gasteiger partial charge is 0.343 e. The van der Waals surface area contributed by atoms with E-state index in [2.05, 4.69) is 12.2 Å². The van der Waals surface area contributed by atoms with Gasteiger partial charge in [0.15, 0.2) is 5.78 Å². The maximum atomic E-state index is 13.8. The highest BCUT2D eigenvalue weighted by atomic mass is 35.5. The molecular weight excluding hydrogens is 556 g/mol. The van der Waals surface area contributed by atoms with Crippen molar-refractivity contribution < 1.29 is 28.7 Å². The first kappa shape index (κ1) is 26.3. The summed E-state index contributed by atoms with van der Waals surface area (Å²) in [6.45, 7) is -0.531. The van der Waals surface area contributed by atoms with Crippen LogP contribution in [-0.4, -0.2) is 46.0 Å². The van der Waals surface area contributed by atoms with Crippen molar-refractivity contribution in [2.45, 2.75) is 6.42 Å². The number of benzene rings is 3. The fraction of sp³-hybridized carbons (Fsp3) is 0.242. The number of imide groups is 1. The molecule has 3 aromatic rings. The molecular formula is C33H25ClN2O6. The van der Waals surface area contributed by atoms with Gasteiger partial charge in [-0.1, -0.05) is 42.0 Å². The monoisotopic (exact) mass is 580 g/mol. The lowest BCUT2D eigenvalue weighted by Gasteiger charge is -2.37. The van der Waals surface area contributed by atoms with Crippen LogP contribution in [-0.2, 0) is 9.59 Å². The van der Waals surface area contributed by atoms with Crippen LogP contribution >= 0.6 is 11.6 Å². The number of amides is 3. The molecule has 2 bridgehead atoms. The first-order valence-electron chi connectivity index (χ1n) is 13.9. The number of carbonyl (C=O) groups is 5. The summed E-state index contributed by atoms with van der Waals surface area (Å²) < 4.78 is 5.39. The minimum absolute atomic E-state index is 0.0271. The summed E-state index contributed by atoms with van der Waals surface area (Å²) in [6.07, 6.45) is 5.12. The van der Waals surface area contributed by atoms with Crippen LogP contribution in [0, 0.1) is 35.5 Å². The first-order chi connectivity index (χ1) is 20.3. The van der Waals surface area contributed by atoms with Gasteiger partial charge in [-0.15, -0.1) is 0 Å². The summed E-state index contributed by atoms with van der Waals surface area (Å²) in [5.74, 6) is -2.62. The van der Waals surface area contributed by atoms with Crippen molar-refractivity contribution in [1.82, 2.24) is 10.0 Å². The number of halogens is 1. The van der Waals surface area contributed by atoms with Crippen molar-refractivity contribution in [1.29, 1.82) is 0 Å². The van der Waals surface area contributed by atoms with Crippen LogP contribution in [0.3, 0.4) is 0 Å². The Balaban J connectivity index is 1.14. The van der Waals surface area contributed by atoms with Crippen LogP contribution in [0.1, 0.15) is 37.5 Å². The van der Waals surface area contributed by atoms with Gasteiger partial charge in [-0.25, -0.2) is 9.80 Å². The number of rotatable bonds is 7. The fourth-order valence-electron chi connectivity index (χ4n) is 6.83. The summed E-state index contributed by atoms with van der Waals surface area (Å²) in [7, 11) is 0. The molecule has 5 aliphatic rings. The highest BCUT2D eigenvalue weighted by molar-refractivity contribution is 6.30. The van der Waals surface area contributed by atoms with E-state index in [0.29, 0.717) is 22.4 Å². The number of carbonyl (C=O) groups excluding carboxylic acids is 5. The third kappa shape index (κ3) is 4.34. The zero-order valence-corrected chi connectivity index (χ0v) is 23.0. The van der Waals surface area contributed by atoms with Crippen LogP contribution in [0.4, 0.5) is 0 Å². The van der Waals surface area contributed by atoms with Gasteiger partial charge < -0.3 is 4.74 Å². The van der Waals surface area contributed by atoms with E-state index in [4.69, 9.17) is 16.3 Å². The Morgan fingerprint density at radius 1 is 0.762 bits per heavy atom. The SMILES string of the molecule is O=C(CN(C(=O)c1ccc(Cl)cc1)N1C(=O)[C@@H]2[C@H]3C=C[C@@H]([C@@H]4C[C@H]34)[C@H]2C1=O)c1ccc(OC(=O)c2ccccc2)cc1. The van der Waals surface area contributed by atoms with Gasteiger partial charge in [0.2, 0.25) is 0 Å². The number of hydrogen-bond donors (Lipinski definition) is 0. The Kier molecular flexibility index (Phi) is 6.31. The summed E-state index contributed by atoms with van der Waals surface area (Å²) in [5, 5.41) is 2.31. The average Bonchev–Trinajstić information content (AvgIpc) is 3.79. The lowest BCUT2D eigenvalue weighted by atomic mass is 9.63. The number of hydrazine groups is 1. The zero-order chi connectivity index (χ0) is 29.1. The Labute approximate surface area is 246 Å². The molecule has 8 rings (SSSR count). The number of ketones is 1. The summed E-state index contributed by atoms with van der Waals surface area (Å²) in [5.41, 5.74) is 0.799. The van der Waals surface area contributed by atoms with E-state index in [0.717, 1.165) is 16.4 Å². The van der Waals surface area contributed by atoms with E-state index in [-0.39, 0.29) is 28.7 Å². The molecule has 3 amide bonds. The topological polar surface area (TPSA) is 101 Å². The quantitative estimate of drug-likeness (QED) is 0.130. The molecule has 8 nitrogen and oxygen atoms in total. The third-order valence-electron chi connectivity index (χ3n) is 8.90. The molecule has 210 valence electrons. The Hall–Kier alpha value is -4.56. The van der Waals surface area contributed by atoms with Crippen LogP contribution in [0.2, 0.25) is 5.02 Å². The summed E-state index contributed by atoms with van der Waals surface area (Å²) >= 11 is 6.02. The van der Waals surface area contributed by atoms with Crippen molar-refractivity contribution in [2.24, 2.45) is 35.5 Å². The highest BCUT2D eigenvalue weighted by Crippen LogP contribution is 2.65. The second-order valence-electron chi connectivity index (χ2n) is 11.2. The summed E-state index contributed by atoms with van der Waals surface area (Å²) in [4.78, 5) is 67.3. The minimum Gasteiger partial charge on any atom is -0.423 e. The molecule has 9 heteroatoms. The third-order valence-corrected chi connectivity index (χ3v) is 9.15. The van der Waals surface area contributed by atoms with Gasteiger partial charge in [-0.2, -0.15) is 5.01 Å². The van der Waals surface area contributed by atoms with Crippen molar-refractivity contribution in [2.75, 3.05) is 6.54 Å². The number of allylic oxidation sites excluding steroid dienone is 2. The zero-order valence-electron chi connectivity index (χ0n) is 22.3. The standard InChI is InChI=1S/C33H25ClN2O6/c34-21-10-6-19(7-11-21)30(38)35(36-31(39)28-23-14-15-24(26-16-25(23)26)29(28)32(36)40)17-27(37)18-8-12-22(13-9-18)42-33(41)20-4-2-1-3-5-20/h1-15,23-26,28-29H,16-17H2/t23-,24-,25-,26+,28+,29+/m0/s1. The van der Waals surface area contributed by atoms with Crippen LogP contribution in [0.25, 0.3) is 0 Å². The highest BCUT2D eigenvalue weighted by Gasteiger charge is 2.68. The van der Waals surface area contributed by atoms with Gasteiger partial charge in [-0.3, -0.25) is 19.2 Å². The van der Waals surface area contributed by atoms with Crippen molar-refractivity contribution in [3.8, 4) is 5.75 Å². The molecule has 6 atom stereocenters. The normalized spacial score (nSPS) is 26.5. The lowest BCUT2D eigenvalue weighted by Crippen LogP contribution is -2.52. The second kappa shape index (κ2) is 10.1. The van der Waals surface area contributed by atoms with E-state index < -0.39 is 47.9 Å². The molecule has 1 aliphatic heterocycles. The van der Waals surface area contributed by atoms with Crippen molar-refractivity contribution in [3.63, 3.8) is 0 Å². The van der Waals surface area contributed by atoms with E-state index >= 15 is 0 Å². The molecule has 3 fully saturated rings. The van der Waals surface area contributed by atoms with Gasteiger partial charge in [0, 0.05) is 16.1 Å². The Bertz CT molecular complexity index is 1620. The number of hydrogen-bond acceptors (Lipinski definition) is 6. The second-order valence-corrected chi connectivity index (χ2v) is 11.7. The molecule has 0 N–H and O–H groups in total. The molecule has 0 unspecified atom stereocenters. The van der Waals surface area contributed by atoms with Gasteiger partial charge in [0.1, 0.15) is 12.3 Å². The number of ether oxygens (including phenoxy) is 1. The maximum absolute atomic E-state index is 13.8. The Morgan fingerprint density at radius 2 is 1.33 bits per heavy atom. The van der Waals surface area contributed by atoms with Crippen molar-refractivity contribution in [3.05, 3.63) is 113 Å². The fourth-order valence-corrected chi connectivity index (χ4v) is 6.96. The average molecular weight is 581 g/mol. The van der Waals surface area contributed by atoms with Gasteiger partial charge in [0.05, 0.1) is 17.4 Å². The largest absolute Gasteiger partial charge is 0.423 e. The van der Waals surface area contributed by atoms with Crippen LogP contribution < -0.4 is 4.74 Å². The Morgan fingerprint density at radius 3 is 1.93 bits per heavy atom. The number of Topliss-reactive ketones (excluding diaryl/α,β-unsaturated/α-hetero) is 1. The molecule has 3 aromatic carbocycles. The first-order valence-corrected chi connectivity index (χ1v) is 14.2. The van der Waals surface area contributed by atoms with Gasteiger partial charge in [0.25, 0.3) is 17.7 Å². The molecule has 42 heavy (non-hydrogen) atoms. The molecule has 1 heterocycles. The predicted molar refractivity (Wildman–Crippen MR) is 151 cm³/mol. The van der Waals surface area contributed by atoms with Crippen LogP contribution in [0.15, 0.2) is 91.0 Å². The maximum Gasteiger partial charge on any atom is 0.343 e. The van der Waals surface area contributed by atoms with Crippen LogP contribution in [0.5, 0.6) is 5.75 Å². The molecule has 0 radical (unpaired) electrons. The van der Waals surface area contributed by atoms with E-state index in [1.807, 2.05) is 0 Å². The molecule has 1 saturated heterocycles. The van der Waals surface area contributed by atoms with Crippen molar-refractivity contribution >= 4 is 41.1 Å². The molecule has 0 spiro atoms.